The number of amides is 1. The second kappa shape index (κ2) is 10.7. The molecule has 3 unspecified atom stereocenters. The van der Waals surface area contributed by atoms with Crippen molar-refractivity contribution in [3.63, 3.8) is 0 Å². The zero-order valence-corrected chi connectivity index (χ0v) is 18.7. The first-order chi connectivity index (χ1) is 17.2. The molecule has 0 spiro atoms. The first-order valence-corrected chi connectivity index (χ1v) is 10.9. The van der Waals surface area contributed by atoms with Gasteiger partial charge in [0.05, 0.1) is 19.4 Å². The van der Waals surface area contributed by atoms with Crippen molar-refractivity contribution in [2.45, 2.75) is 30.6 Å². The Kier molecular flexibility index (Phi) is 7.66. The van der Waals surface area contributed by atoms with Crippen LogP contribution in [0.15, 0.2) is 48.7 Å². The summed E-state index contributed by atoms with van der Waals surface area (Å²) in [6.45, 7) is -1.67. The normalized spacial score (nSPS) is 24.0. The quantitative estimate of drug-likeness (QED) is 0.361. The largest absolute Gasteiger partial charge is 0.395 e. The van der Waals surface area contributed by atoms with Crippen molar-refractivity contribution in [3.8, 4) is 11.3 Å². The average molecular weight is 508 g/mol. The summed E-state index contributed by atoms with van der Waals surface area (Å²) in [7, 11) is 0. The van der Waals surface area contributed by atoms with Gasteiger partial charge in [0.2, 0.25) is 0 Å². The highest BCUT2D eigenvalue weighted by Crippen LogP contribution is 2.33. The molecule has 1 amide bonds. The number of aliphatic hydroxyl groups is 4. The lowest BCUT2D eigenvalue weighted by Gasteiger charge is -2.46. The maximum Gasteiger partial charge on any atom is 0.256 e. The summed E-state index contributed by atoms with van der Waals surface area (Å²) in [5, 5.41) is 49.1. The number of rotatable bonds is 7. The Morgan fingerprint density at radius 3 is 2.50 bits per heavy atom. The van der Waals surface area contributed by atoms with Gasteiger partial charge >= 0.3 is 0 Å². The van der Waals surface area contributed by atoms with Gasteiger partial charge in [0.25, 0.3) is 5.91 Å². The molecule has 1 aliphatic rings. The molecule has 1 saturated heterocycles. The van der Waals surface area contributed by atoms with Gasteiger partial charge in [-0.05, 0) is 30.3 Å². The number of ether oxygens (including phenoxy) is 1. The zero-order valence-electron chi connectivity index (χ0n) is 18.7. The van der Waals surface area contributed by atoms with E-state index in [1.165, 1.54) is 24.4 Å². The van der Waals surface area contributed by atoms with Gasteiger partial charge in [-0.25, -0.2) is 17.9 Å². The lowest BCUT2D eigenvalue weighted by molar-refractivity contribution is -0.239. The molecule has 13 heteroatoms. The fourth-order valence-corrected chi connectivity index (χ4v) is 4.10. The average Bonchev–Trinajstić information content (AvgIpc) is 3.34. The molecule has 4 N–H and O–H groups in total. The van der Waals surface area contributed by atoms with E-state index in [-0.39, 0.29) is 17.8 Å². The summed E-state index contributed by atoms with van der Waals surface area (Å²) >= 11 is 0. The molecule has 2 aromatic carbocycles. The SMILES string of the molecule is O=C(c1ccc(F)c(F)c1)N(CCO)[C@@H]1OC(CO)[C@H](O)C(n2cc(-c3cccc(F)c3)nn2)C1O. The molecule has 10 nitrogen and oxygen atoms in total. The van der Waals surface area contributed by atoms with Crippen molar-refractivity contribution in [1.82, 2.24) is 19.9 Å². The highest BCUT2D eigenvalue weighted by atomic mass is 19.2. The zero-order chi connectivity index (χ0) is 26.0. The molecule has 2 heterocycles. The van der Waals surface area contributed by atoms with Crippen LogP contribution in [0.4, 0.5) is 13.2 Å². The Morgan fingerprint density at radius 1 is 1.06 bits per heavy atom. The molecular formula is C23H23F3N4O6. The predicted molar refractivity (Wildman–Crippen MR) is 117 cm³/mol. The van der Waals surface area contributed by atoms with E-state index in [9.17, 15) is 38.4 Å². The van der Waals surface area contributed by atoms with E-state index in [1.807, 2.05) is 0 Å². The number of carbonyl (C=O) groups excluding carboxylic acids is 1. The van der Waals surface area contributed by atoms with Gasteiger partial charge in [0, 0.05) is 17.7 Å². The van der Waals surface area contributed by atoms with Crippen LogP contribution in [0, 0.1) is 17.5 Å². The van der Waals surface area contributed by atoms with Crippen LogP contribution >= 0.6 is 0 Å². The lowest BCUT2D eigenvalue weighted by atomic mass is 9.94. The van der Waals surface area contributed by atoms with Crippen LogP contribution in [-0.2, 0) is 4.74 Å². The highest BCUT2D eigenvalue weighted by molar-refractivity contribution is 5.94. The van der Waals surface area contributed by atoms with Crippen LogP contribution in [0.1, 0.15) is 16.4 Å². The Morgan fingerprint density at radius 2 is 1.83 bits per heavy atom. The van der Waals surface area contributed by atoms with Gasteiger partial charge in [0.15, 0.2) is 17.9 Å². The van der Waals surface area contributed by atoms with E-state index in [0.717, 1.165) is 21.7 Å². The smallest absolute Gasteiger partial charge is 0.256 e. The number of benzene rings is 2. The first-order valence-electron chi connectivity index (χ1n) is 10.9. The molecule has 5 atom stereocenters. The fraction of sp³-hybridized carbons (Fsp3) is 0.348. The monoisotopic (exact) mass is 508 g/mol. The van der Waals surface area contributed by atoms with Gasteiger partial charge in [0.1, 0.15) is 35.9 Å². The van der Waals surface area contributed by atoms with Crippen LogP contribution in [0.25, 0.3) is 11.3 Å². The maximum atomic E-state index is 13.7. The number of carbonyl (C=O) groups is 1. The second-order valence-electron chi connectivity index (χ2n) is 8.16. The standard InChI is InChI=1S/C23H23F3N4O6/c24-14-3-1-2-12(8-14)17-10-30(28-27-17)19-20(33)18(11-32)36-23(21(19)34)29(6-7-31)22(35)13-4-5-15(25)16(26)9-13/h1-5,8-10,18-21,23,31-34H,6-7,11H2/t18?,19?,20-,21?,23+/m0/s1. The number of nitrogens with zero attached hydrogens (tertiary/aromatic N) is 4. The van der Waals surface area contributed by atoms with E-state index in [1.54, 1.807) is 6.07 Å². The van der Waals surface area contributed by atoms with Gasteiger partial charge in [-0.1, -0.05) is 17.3 Å². The van der Waals surface area contributed by atoms with Crippen LogP contribution in [0.2, 0.25) is 0 Å². The fourth-order valence-electron chi connectivity index (χ4n) is 4.10. The number of hydrogen-bond donors (Lipinski definition) is 4. The first kappa shape index (κ1) is 25.7. The van der Waals surface area contributed by atoms with Crippen molar-refractivity contribution in [2.75, 3.05) is 19.8 Å². The molecule has 36 heavy (non-hydrogen) atoms. The van der Waals surface area contributed by atoms with E-state index in [4.69, 9.17) is 4.74 Å². The molecule has 1 aliphatic heterocycles. The summed E-state index contributed by atoms with van der Waals surface area (Å²) in [5.74, 6) is -3.86. The molecule has 0 bridgehead atoms. The summed E-state index contributed by atoms with van der Waals surface area (Å²) in [6, 6.07) is 6.66. The van der Waals surface area contributed by atoms with Crippen molar-refractivity contribution >= 4 is 5.91 Å². The molecule has 192 valence electrons. The summed E-state index contributed by atoms with van der Waals surface area (Å²) in [6.07, 6.45) is -4.69. The van der Waals surface area contributed by atoms with Gasteiger partial charge in [-0.3, -0.25) is 4.79 Å². The van der Waals surface area contributed by atoms with Crippen molar-refractivity contribution < 1.29 is 43.1 Å². The summed E-state index contributed by atoms with van der Waals surface area (Å²) < 4.78 is 47.4. The van der Waals surface area contributed by atoms with Crippen molar-refractivity contribution in [2.24, 2.45) is 0 Å². The maximum absolute atomic E-state index is 13.7. The van der Waals surface area contributed by atoms with Crippen molar-refractivity contribution in [1.29, 1.82) is 0 Å². The Balaban J connectivity index is 1.68. The third-order valence-corrected chi connectivity index (χ3v) is 5.88. The third-order valence-electron chi connectivity index (χ3n) is 5.88. The van der Waals surface area contributed by atoms with E-state index >= 15 is 0 Å². The predicted octanol–water partition coefficient (Wildman–Crippen LogP) is 0.477. The Hall–Kier alpha value is -3.36. The molecule has 1 aromatic heterocycles. The molecule has 4 rings (SSSR count). The van der Waals surface area contributed by atoms with Crippen LogP contribution in [0.3, 0.4) is 0 Å². The van der Waals surface area contributed by atoms with E-state index < -0.39 is 67.2 Å². The summed E-state index contributed by atoms with van der Waals surface area (Å²) in [5.41, 5.74) is 0.320. The summed E-state index contributed by atoms with van der Waals surface area (Å²) in [4.78, 5) is 14.0. The molecular weight excluding hydrogens is 485 g/mol. The topological polar surface area (TPSA) is 141 Å². The minimum absolute atomic E-state index is 0.225. The molecule has 0 saturated carbocycles. The van der Waals surface area contributed by atoms with E-state index in [2.05, 4.69) is 10.3 Å². The number of halogens is 3. The Labute approximate surface area is 202 Å². The minimum Gasteiger partial charge on any atom is -0.395 e. The second-order valence-corrected chi connectivity index (χ2v) is 8.16. The number of aliphatic hydroxyl groups excluding tert-OH is 4. The molecule has 1 fully saturated rings. The third kappa shape index (κ3) is 4.96. The van der Waals surface area contributed by atoms with Crippen molar-refractivity contribution in [3.05, 3.63) is 71.7 Å². The molecule has 0 radical (unpaired) electrons. The number of aromatic nitrogens is 3. The van der Waals surface area contributed by atoms with Crippen LogP contribution in [-0.4, -0.2) is 90.5 Å². The molecule has 3 aromatic rings. The van der Waals surface area contributed by atoms with Crippen LogP contribution < -0.4 is 0 Å². The minimum atomic E-state index is -1.68. The Bertz CT molecular complexity index is 1230. The molecule has 0 aliphatic carbocycles. The highest BCUT2D eigenvalue weighted by Gasteiger charge is 2.49. The van der Waals surface area contributed by atoms with Gasteiger partial charge in [-0.2, -0.15) is 0 Å². The van der Waals surface area contributed by atoms with Gasteiger partial charge in [-0.15, -0.1) is 5.10 Å². The number of hydrogen-bond acceptors (Lipinski definition) is 8. The van der Waals surface area contributed by atoms with Gasteiger partial charge < -0.3 is 30.1 Å². The lowest BCUT2D eigenvalue weighted by Crippen LogP contribution is -2.62. The van der Waals surface area contributed by atoms with Crippen LogP contribution in [0.5, 0.6) is 0 Å². The van der Waals surface area contributed by atoms with E-state index in [0.29, 0.717) is 11.6 Å².